The lowest BCUT2D eigenvalue weighted by atomic mass is 9.92. The fourth-order valence-corrected chi connectivity index (χ4v) is 3.11. The van der Waals surface area contributed by atoms with Crippen LogP contribution in [0.5, 0.6) is 0 Å². The molecular weight excluding hydrogens is 298 g/mol. The van der Waals surface area contributed by atoms with Crippen LogP contribution in [-0.2, 0) is 10.5 Å². The molecule has 24 heavy (non-hydrogen) atoms. The summed E-state index contributed by atoms with van der Waals surface area (Å²) in [6.07, 6.45) is 0. The lowest BCUT2D eigenvalue weighted by molar-refractivity contribution is 0.0212. The molecule has 0 fully saturated rings. The van der Waals surface area contributed by atoms with Crippen molar-refractivity contribution < 1.29 is 9.53 Å². The van der Waals surface area contributed by atoms with Crippen molar-refractivity contribution in [3.63, 3.8) is 0 Å². The number of cyclic esters (lactones) is 1. The molecule has 1 aliphatic heterocycles. The Labute approximate surface area is 140 Å². The summed E-state index contributed by atoms with van der Waals surface area (Å²) in [6.45, 7) is 2.04. The van der Waals surface area contributed by atoms with Crippen LogP contribution in [-0.4, -0.2) is 5.97 Å². The van der Waals surface area contributed by atoms with Gasteiger partial charge in [0.05, 0.1) is 5.56 Å². The Morgan fingerprint density at radius 2 is 1.50 bits per heavy atom. The maximum absolute atomic E-state index is 12.4. The zero-order chi connectivity index (χ0) is 16.6. The molecule has 3 aromatic carbocycles. The van der Waals surface area contributed by atoms with E-state index in [1.54, 1.807) is 6.07 Å². The van der Waals surface area contributed by atoms with Gasteiger partial charge in [0.1, 0.15) is 0 Å². The number of hydrogen-bond donors (Lipinski definition) is 1. The van der Waals surface area contributed by atoms with Gasteiger partial charge in [-0.1, -0.05) is 66.2 Å². The van der Waals surface area contributed by atoms with E-state index in [0.29, 0.717) is 5.56 Å². The van der Waals surface area contributed by atoms with Gasteiger partial charge in [-0.25, -0.2) is 4.79 Å². The highest BCUT2D eigenvalue weighted by Crippen LogP contribution is 2.42. The Hall–Kier alpha value is -3.07. The van der Waals surface area contributed by atoms with Gasteiger partial charge >= 0.3 is 5.97 Å². The topological polar surface area (TPSA) is 38.3 Å². The molecule has 0 saturated heterocycles. The van der Waals surface area contributed by atoms with Gasteiger partial charge in [0.25, 0.3) is 0 Å². The molecule has 0 aliphatic carbocycles. The third kappa shape index (κ3) is 2.26. The van der Waals surface area contributed by atoms with Gasteiger partial charge < -0.3 is 10.1 Å². The van der Waals surface area contributed by atoms with E-state index in [0.717, 1.165) is 16.8 Å². The molecule has 3 nitrogen and oxygen atoms in total. The molecule has 0 bridgehead atoms. The Kier molecular flexibility index (Phi) is 3.35. The predicted octanol–water partition coefficient (Wildman–Crippen LogP) is 4.48. The van der Waals surface area contributed by atoms with Crippen LogP contribution >= 0.6 is 0 Å². The summed E-state index contributed by atoms with van der Waals surface area (Å²) in [6, 6.07) is 25.4. The van der Waals surface area contributed by atoms with E-state index >= 15 is 0 Å². The Balaban J connectivity index is 1.89. The molecule has 0 spiro atoms. The maximum Gasteiger partial charge on any atom is 0.341 e. The first kappa shape index (κ1) is 14.5. The molecular formula is C21H17NO2. The molecule has 0 amide bonds. The Morgan fingerprint density at radius 3 is 2.25 bits per heavy atom. The molecule has 4 rings (SSSR count). The predicted molar refractivity (Wildman–Crippen MR) is 93.9 cm³/mol. The quantitative estimate of drug-likeness (QED) is 0.724. The van der Waals surface area contributed by atoms with Gasteiger partial charge in [-0.15, -0.1) is 0 Å². The number of hydrogen-bond acceptors (Lipinski definition) is 3. The molecule has 118 valence electrons. The third-order valence-corrected chi connectivity index (χ3v) is 4.32. The molecule has 0 saturated carbocycles. The number of benzene rings is 3. The minimum atomic E-state index is -1.01. The number of esters is 1. The van der Waals surface area contributed by atoms with Crippen LogP contribution in [0.25, 0.3) is 0 Å². The van der Waals surface area contributed by atoms with Crippen molar-refractivity contribution >= 4 is 11.7 Å². The molecule has 3 aromatic rings. The van der Waals surface area contributed by atoms with Crippen molar-refractivity contribution in [2.24, 2.45) is 0 Å². The summed E-state index contributed by atoms with van der Waals surface area (Å²) < 4.78 is 5.89. The van der Waals surface area contributed by atoms with Crippen LogP contribution in [0, 0.1) is 6.92 Å². The van der Waals surface area contributed by atoms with Crippen LogP contribution in [0.1, 0.15) is 27.0 Å². The number of aryl methyl sites for hydroxylation is 1. The normalized spacial score (nSPS) is 18.8. The van der Waals surface area contributed by atoms with Gasteiger partial charge in [-0.3, -0.25) is 0 Å². The summed E-state index contributed by atoms with van der Waals surface area (Å²) in [5.74, 6) is -0.311. The second-order valence-corrected chi connectivity index (χ2v) is 5.97. The van der Waals surface area contributed by atoms with Gasteiger partial charge in [-0.05, 0) is 25.1 Å². The summed E-state index contributed by atoms with van der Waals surface area (Å²) in [5.41, 5.74) is 3.39. The second-order valence-electron chi connectivity index (χ2n) is 5.97. The number of ether oxygens (including phenoxy) is 1. The maximum atomic E-state index is 12.4. The third-order valence-electron chi connectivity index (χ3n) is 4.32. The van der Waals surface area contributed by atoms with E-state index < -0.39 is 5.72 Å². The number of rotatable bonds is 3. The van der Waals surface area contributed by atoms with E-state index in [1.165, 1.54) is 5.56 Å². The van der Waals surface area contributed by atoms with Crippen LogP contribution in [0.2, 0.25) is 0 Å². The number of anilines is 1. The van der Waals surface area contributed by atoms with Crippen molar-refractivity contribution in [1.29, 1.82) is 0 Å². The summed E-state index contributed by atoms with van der Waals surface area (Å²) in [4.78, 5) is 12.4. The minimum Gasteiger partial charge on any atom is -0.427 e. The van der Waals surface area contributed by atoms with E-state index in [9.17, 15) is 4.79 Å². The molecule has 1 heterocycles. The Bertz CT molecular complexity index is 887. The van der Waals surface area contributed by atoms with E-state index in [-0.39, 0.29) is 5.97 Å². The largest absolute Gasteiger partial charge is 0.427 e. The van der Waals surface area contributed by atoms with E-state index in [1.807, 2.05) is 79.7 Å². The number of carbonyl (C=O) groups is 1. The van der Waals surface area contributed by atoms with Crippen molar-refractivity contribution in [1.82, 2.24) is 0 Å². The lowest BCUT2D eigenvalue weighted by Gasteiger charge is -2.31. The van der Waals surface area contributed by atoms with Gasteiger partial charge in [0, 0.05) is 16.8 Å². The summed E-state index contributed by atoms with van der Waals surface area (Å²) in [7, 11) is 0. The van der Waals surface area contributed by atoms with Crippen LogP contribution in [0.15, 0.2) is 78.9 Å². The van der Waals surface area contributed by atoms with Crippen molar-refractivity contribution in [3.05, 3.63) is 101 Å². The molecule has 1 aliphatic rings. The first-order chi connectivity index (χ1) is 11.7. The first-order valence-corrected chi connectivity index (χ1v) is 7.92. The van der Waals surface area contributed by atoms with Gasteiger partial charge in [0.15, 0.2) is 0 Å². The SMILES string of the molecule is Cc1ccc(N[C@@]2(c3ccccc3)OC(=O)c3ccccc32)cc1. The summed E-state index contributed by atoms with van der Waals surface area (Å²) in [5, 5.41) is 3.44. The zero-order valence-corrected chi connectivity index (χ0v) is 13.3. The monoisotopic (exact) mass is 315 g/mol. The second kappa shape index (κ2) is 5.53. The lowest BCUT2D eigenvalue weighted by Crippen LogP contribution is -2.36. The summed E-state index contributed by atoms with van der Waals surface area (Å²) >= 11 is 0. The molecule has 0 aromatic heterocycles. The van der Waals surface area contributed by atoms with Crippen molar-refractivity contribution in [3.8, 4) is 0 Å². The molecule has 3 heteroatoms. The zero-order valence-electron chi connectivity index (χ0n) is 13.3. The van der Waals surface area contributed by atoms with Crippen LogP contribution in [0.4, 0.5) is 5.69 Å². The minimum absolute atomic E-state index is 0.311. The van der Waals surface area contributed by atoms with Crippen molar-refractivity contribution in [2.45, 2.75) is 12.6 Å². The fraction of sp³-hybridized carbons (Fsp3) is 0.0952. The average molecular weight is 315 g/mol. The number of nitrogens with one attached hydrogen (secondary N) is 1. The van der Waals surface area contributed by atoms with E-state index in [2.05, 4.69) is 5.32 Å². The highest BCUT2D eigenvalue weighted by Gasteiger charge is 2.47. The number of carbonyl (C=O) groups excluding carboxylic acids is 1. The van der Waals surface area contributed by atoms with Gasteiger partial charge in [-0.2, -0.15) is 0 Å². The fourth-order valence-electron chi connectivity index (χ4n) is 3.11. The molecule has 1 N–H and O–H groups in total. The standard InChI is InChI=1S/C21H17NO2/c1-15-11-13-17(14-12-15)22-21(16-7-3-2-4-8-16)19-10-6-5-9-18(19)20(23)24-21/h2-14,22H,1H3/t21-/m0/s1. The molecule has 1 atom stereocenters. The van der Waals surface area contributed by atoms with Crippen LogP contribution in [0.3, 0.4) is 0 Å². The van der Waals surface area contributed by atoms with Crippen LogP contribution < -0.4 is 5.32 Å². The highest BCUT2D eigenvalue weighted by atomic mass is 16.6. The number of fused-ring (bicyclic) bond motifs is 1. The van der Waals surface area contributed by atoms with Crippen molar-refractivity contribution in [2.75, 3.05) is 5.32 Å². The van der Waals surface area contributed by atoms with E-state index in [4.69, 9.17) is 4.74 Å². The molecule has 0 unspecified atom stereocenters. The average Bonchev–Trinajstić information content (AvgIpc) is 2.91. The first-order valence-electron chi connectivity index (χ1n) is 7.92. The molecule has 0 radical (unpaired) electrons. The Morgan fingerprint density at radius 1 is 0.833 bits per heavy atom. The smallest absolute Gasteiger partial charge is 0.341 e. The van der Waals surface area contributed by atoms with Gasteiger partial charge in [0.2, 0.25) is 5.72 Å². The highest BCUT2D eigenvalue weighted by molar-refractivity contribution is 5.96.